The Morgan fingerprint density at radius 1 is 0.847 bits per heavy atom. The molecule has 0 radical (unpaired) electrons. The molecule has 0 aliphatic carbocycles. The number of amides is 2. The van der Waals surface area contributed by atoms with Crippen LogP contribution in [0.3, 0.4) is 0 Å². The summed E-state index contributed by atoms with van der Waals surface area (Å²) in [6, 6.07) is 17.5. The Labute approximate surface area is 422 Å². The number of ether oxygens (including phenoxy) is 1. The number of nitrogen functional groups attached to an aromatic ring is 1. The summed E-state index contributed by atoms with van der Waals surface area (Å²) in [5.74, 6) is 0.627. The Balaban J connectivity index is 0.677. The van der Waals surface area contributed by atoms with E-state index in [4.69, 9.17) is 27.8 Å². The first-order valence-corrected chi connectivity index (χ1v) is 25.5. The van der Waals surface area contributed by atoms with Crippen LogP contribution in [0.1, 0.15) is 60.4 Å². The smallest absolute Gasteiger partial charge is 0.419 e. The quantitative estimate of drug-likeness (QED) is 0.0659. The zero-order valence-corrected chi connectivity index (χ0v) is 41.3. The number of alkyl halides is 3. The number of carbonyl (C=O) groups excluding carboxylic acids is 2. The maximum absolute atomic E-state index is 14.0. The Kier molecular flexibility index (Phi) is 16.2. The van der Waals surface area contributed by atoms with Gasteiger partial charge in [0.15, 0.2) is 0 Å². The summed E-state index contributed by atoms with van der Waals surface area (Å²) in [6.07, 6.45) is 2.34. The first-order valence-electron chi connectivity index (χ1n) is 25.1. The van der Waals surface area contributed by atoms with Gasteiger partial charge in [0.2, 0.25) is 11.8 Å². The van der Waals surface area contributed by atoms with Crippen molar-refractivity contribution in [3.8, 4) is 5.75 Å². The molecule has 0 unspecified atom stereocenters. The number of hydrogen-bond donors (Lipinski definition) is 4. The van der Waals surface area contributed by atoms with Crippen molar-refractivity contribution < 1.29 is 31.9 Å². The number of likely N-dealkylation sites (tertiary alicyclic amines) is 1. The molecule has 6 N–H and O–H groups in total. The highest BCUT2D eigenvalue weighted by Gasteiger charge is 2.40. The molecule has 4 fully saturated rings. The van der Waals surface area contributed by atoms with E-state index in [1.165, 1.54) is 6.07 Å². The highest BCUT2D eigenvalue weighted by molar-refractivity contribution is 6.30. The third kappa shape index (κ3) is 12.8. The number of hydrogen-bond acceptors (Lipinski definition) is 12. The van der Waals surface area contributed by atoms with Crippen molar-refractivity contribution in [2.45, 2.75) is 63.0 Å². The van der Waals surface area contributed by atoms with Crippen LogP contribution in [0.5, 0.6) is 5.75 Å². The van der Waals surface area contributed by atoms with Crippen molar-refractivity contribution in [3.63, 3.8) is 0 Å². The van der Waals surface area contributed by atoms with Gasteiger partial charge in [0, 0.05) is 108 Å². The lowest BCUT2D eigenvalue weighted by Gasteiger charge is -2.40. The molecular weight excluding hydrogens is 952 g/mol. The number of piperidine rings is 2. The topological polar surface area (TPSA) is 168 Å². The zero-order chi connectivity index (χ0) is 50.4. The van der Waals surface area contributed by atoms with Gasteiger partial charge in [0.25, 0.3) is 0 Å². The molecule has 0 spiro atoms. The summed E-state index contributed by atoms with van der Waals surface area (Å²) in [4.78, 5) is 53.2. The van der Waals surface area contributed by atoms with Crippen molar-refractivity contribution in [3.05, 3.63) is 112 Å². The molecule has 4 aliphatic rings. The number of benzene rings is 3. The minimum atomic E-state index is -4.79. The van der Waals surface area contributed by atoms with Gasteiger partial charge in [-0.1, -0.05) is 29.8 Å². The number of nitrogens with two attached hydrogens (primary N) is 2. The van der Waals surface area contributed by atoms with Crippen LogP contribution in [-0.2, 0) is 28.9 Å². The molecule has 5 aromatic rings. The van der Waals surface area contributed by atoms with E-state index in [9.17, 15) is 27.2 Å². The number of piperazine rings is 2. The molecular formula is C52H65ClF4N12O3. The van der Waals surface area contributed by atoms with Gasteiger partial charge in [-0.05, 0) is 111 Å². The molecule has 1 atom stereocenters. The number of rotatable bonds is 16. The first-order chi connectivity index (χ1) is 34.7. The fourth-order valence-corrected chi connectivity index (χ4v) is 10.7. The van der Waals surface area contributed by atoms with Gasteiger partial charge in [0.05, 0.1) is 29.1 Å². The fourth-order valence-electron chi connectivity index (χ4n) is 10.6. The maximum Gasteiger partial charge on any atom is 0.419 e. The van der Waals surface area contributed by atoms with Gasteiger partial charge in [-0.3, -0.25) is 24.3 Å². The van der Waals surface area contributed by atoms with E-state index in [-0.39, 0.29) is 30.0 Å². The van der Waals surface area contributed by atoms with Crippen LogP contribution in [-0.4, -0.2) is 155 Å². The second kappa shape index (κ2) is 22.7. The summed E-state index contributed by atoms with van der Waals surface area (Å²) in [5, 5.41) is 4.89. The lowest BCUT2D eigenvalue weighted by Crippen LogP contribution is -2.60. The summed E-state index contributed by atoms with van der Waals surface area (Å²) in [5.41, 5.74) is 14.0. The average molecular weight is 1020 g/mol. The second-order valence-corrected chi connectivity index (χ2v) is 20.4. The molecule has 6 heterocycles. The van der Waals surface area contributed by atoms with Gasteiger partial charge in [0.1, 0.15) is 36.0 Å². The van der Waals surface area contributed by atoms with Crippen LogP contribution in [0.15, 0.2) is 79.3 Å². The van der Waals surface area contributed by atoms with E-state index in [1.54, 1.807) is 18.5 Å². The second-order valence-electron chi connectivity index (χ2n) is 19.9. The summed E-state index contributed by atoms with van der Waals surface area (Å²) < 4.78 is 59.6. The van der Waals surface area contributed by atoms with Gasteiger partial charge < -0.3 is 41.2 Å². The van der Waals surface area contributed by atoms with E-state index in [0.29, 0.717) is 80.9 Å². The minimum Gasteiger partial charge on any atom is -0.489 e. The third-order valence-electron chi connectivity index (χ3n) is 15.0. The van der Waals surface area contributed by atoms with Crippen molar-refractivity contribution >= 4 is 46.0 Å². The molecule has 0 bridgehead atoms. The number of aromatic amines is 1. The van der Waals surface area contributed by atoms with Crippen LogP contribution in [0.25, 0.3) is 11.0 Å². The molecule has 3 aromatic carbocycles. The minimum absolute atomic E-state index is 0.139. The highest BCUT2D eigenvalue weighted by atomic mass is 35.5. The van der Waals surface area contributed by atoms with Crippen LogP contribution >= 0.6 is 11.6 Å². The fraction of sp³-hybridized carbons (Fsp3) is 0.500. The van der Waals surface area contributed by atoms with Crippen molar-refractivity contribution in [1.82, 2.24) is 44.8 Å². The van der Waals surface area contributed by atoms with Crippen LogP contribution < -0.4 is 26.4 Å². The van der Waals surface area contributed by atoms with Crippen LogP contribution in [0, 0.1) is 11.7 Å². The Morgan fingerprint density at radius 3 is 2.28 bits per heavy atom. The molecule has 9 rings (SSSR count). The van der Waals surface area contributed by atoms with Crippen molar-refractivity contribution in [2.75, 3.05) is 109 Å². The Bertz CT molecular complexity index is 2620. The number of halogens is 5. The number of nitrogens with zero attached hydrogens (tertiary/aromatic N) is 8. The summed E-state index contributed by atoms with van der Waals surface area (Å²) >= 11 is 6.26. The SMILES string of the molecule is Nc1ccc(OCc2ccc(F)c(C(F)(F)F)c2)c(CN2CCN(CC3CCN(CC(=O)N4CCN(CC[C@H](NC(=O)C5(N)CCN(c6ncnc7[nH]ccc67)CC5)c5ccc(Cl)cc5)CC4)CC3)CC2)c1. The lowest BCUT2D eigenvalue weighted by atomic mass is 9.87. The number of carbonyl (C=O) groups is 2. The predicted molar refractivity (Wildman–Crippen MR) is 270 cm³/mol. The van der Waals surface area contributed by atoms with E-state index >= 15 is 0 Å². The van der Waals surface area contributed by atoms with E-state index in [2.05, 4.69) is 44.8 Å². The molecule has 72 heavy (non-hydrogen) atoms. The molecule has 4 saturated heterocycles. The zero-order valence-electron chi connectivity index (χ0n) is 40.6. The van der Waals surface area contributed by atoms with Crippen LogP contribution in [0.2, 0.25) is 5.02 Å². The van der Waals surface area contributed by atoms with Crippen LogP contribution in [0.4, 0.5) is 29.1 Å². The predicted octanol–water partition coefficient (Wildman–Crippen LogP) is 6.15. The van der Waals surface area contributed by atoms with E-state index < -0.39 is 23.1 Å². The first kappa shape index (κ1) is 51.3. The maximum atomic E-state index is 14.0. The van der Waals surface area contributed by atoms with Gasteiger partial charge in [-0.25, -0.2) is 14.4 Å². The van der Waals surface area contributed by atoms with Gasteiger partial charge in [-0.2, -0.15) is 13.2 Å². The number of nitrogens with one attached hydrogen (secondary N) is 2. The standard InChI is InChI=1S/C52H65ClF4N12O3/c53-40-4-2-38(3-5-40)45(63-50(71)51(59)13-19-69(20-14-51)49-42-9-15-60-48(42)61-35-62-49)12-18-64-25-27-68(28-26-64)47(70)33-65-16-10-36(11-17-65)31-66-21-23-67(24-22-66)32-39-30-41(58)6-8-46(39)72-34-37-1-7-44(54)43(29-37)52(55,56)57/h1-9,15,29-30,35-36,45H,10-14,16-28,31-34,58-59H2,(H,63,71)(H,60,61,62)/t45-/m0/s1. The number of anilines is 2. The number of fused-ring (bicyclic) bond motifs is 1. The molecule has 2 amide bonds. The van der Waals surface area contributed by atoms with Gasteiger partial charge >= 0.3 is 6.18 Å². The van der Waals surface area contributed by atoms with Gasteiger partial charge in [-0.15, -0.1) is 0 Å². The molecule has 20 heteroatoms. The van der Waals surface area contributed by atoms with E-state index in [1.807, 2.05) is 47.5 Å². The number of H-pyrrole nitrogens is 1. The Morgan fingerprint density at radius 2 is 1.56 bits per heavy atom. The largest absolute Gasteiger partial charge is 0.489 e. The van der Waals surface area contributed by atoms with E-state index in [0.717, 1.165) is 118 Å². The molecule has 4 aliphatic heterocycles. The Hall–Kier alpha value is -5.57. The van der Waals surface area contributed by atoms with Crippen molar-refractivity contribution in [2.24, 2.45) is 11.7 Å². The molecule has 15 nitrogen and oxygen atoms in total. The third-order valence-corrected chi connectivity index (χ3v) is 15.3. The average Bonchev–Trinajstić information content (AvgIpc) is 3.87. The molecule has 386 valence electrons. The van der Waals surface area contributed by atoms with Crippen molar-refractivity contribution in [1.29, 1.82) is 0 Å². The summed E-state index contributed by atoms with van der Waals surface area (Å²) in [6.45, 7) is 12.0. The normalized spacial score (nSPS) is 19.4. The molecule has 0 saturated carbocycles. The highest BCUT2D eigenvalue weighted by Crippen LogP contribution is 2.34. The lowest BCUT2D eigenvalue weighted by molar-refractivity contribution is -0.140. The summed E-state index contributed by atoms with van der Waals surface area (Å²) in [7, 11) is 0. The number of aromatic nitrogens is 3. The molecule has 2 aromatic heterocycles. The monoisotopic (exact) mass is 1020 g/mol.